The first-order valence-corrected chi connectivity index (χ1v) is 9.26. The van der Waals surface area contributed by atoms with E-state index in [1.54, 1.807) is 0 Å². The average molecular weight is 311 g/mol. The van der Waals surface area contributed by atoms with Crippen LogP contribution in [0.5, 0.6) is 0 Å². The first-order chi connectivity index (χ1) is 10.8. The number of hydrogen-bond donors (Lipinski definition) is 0. The van der Waals surface area contributed by atoms with Crippen LogP contribution in [0.25, 0.3) is 0 Å². The van der Waals surface area contributed by atoms with Crippen molar-refractivity contribution < 1.29 is 14.2 Å². The van der Waals surface area contributed by atoms with Crippen molar-refractivity contribution in [2.45, 2.75) is 63.6 Å². The summed E-state index contributed by atoms with van der Waals surface area (Å²) in [6.45, 7) is 6.05. The molecule has 2 saturated heterocycles. The average Bonchev–Trinajstić information content (AvgIpc) is 3.09. The van der Waals surface area contributed by atoms with E-state index in [-0.39, 0.29) is 0 Å². The van der Waals surface area contributed by atoms with Crippen LogP contribution in [0.4, 0.5) is 0 Å². The summed E-state index contributed by atoms with van der Waals surface area (Å²) in [5.41, 5.74) is 0.479. The third-order valence-electron chi connectivity index (χ3n) is 5.87. The van der Waals surface area contributed by atoms with E-state index >= 15 is 0 Å². The Bertz CT molecular complexity index is 324. The molecule has 1 saturated carbocycles. The van der Waals surface area contributed by atoms with Crippen molar-refractivity contribution >= 4 is 0 Å². The number of hydrogen-bond acceptors (Lipinski definition) is 4. The van der Waals surface area contributed by atoms with Gasteiger partial charge in [0.25, 0.3) is 0 Å². The topological polar surface area (TPSA) is 30.9 Å². The van der Waals surface area contributed by atoms with E-state index in [2.05, 4.69) is 4.90 Å². The van der Waals surface area contributed by atoms with Gasteiger partial charge in [0, 0.05) is 40.0 Å². The summed E-state index contributed by atoms with van der Waals surface area (Å²) in [7, 11) is 1.83. The molecule has 2 atom stereocenters. The minimum Gasteiger partial charge on any atom is -0.385 e. The van der Waals surface area contributed by atoms with Gasteiger partial charge in [0.15, 0.2) is 0 Å². The summed E-state index contributed by atoms with van der Waals surface area (Å²) < 4.78 is 17.3. The predicted molar refractivity (Wildman–Crippen MR) is 87.2 cm³/mol. The lowest BCUT2D eigenvalue weighted by Gasteiger charge is -2.44. The molecule has 128 valence electrons. The molecule has 3 rings (SSSR count). The molecule has 0 aromatic carbocycles. The van der Waals surface area contributed by atoms with Gasteiger partial charge in [-0.15, -0.1) is 0 Å². The predicted octanol–water partition coefficient (Wildman–Crippen LogP) is 2.85. The van der Waals surface area contributed by atoms with Crippen LogP contribution >= 0.6 is 0 Å². The van der Waals surface area contributed by atoms with E-state index in [1.807, 2.05) is 7.11 Å². The zero-order chi connectivity index (χ0) is 15.3. The second-order valence-corrected chi connectivity index (χ2v) is 7.50. The second kappa shape index (κ2) is 8.09. The third-order valence-corrected chi connectivity index (χ3v) is 5.87. The fraction of sp³-hybridized carbons (Fsp3) is 1.00. The highest BCUT2D eigenvalue weighted by Crippen LogP contribution is 2.40. The Balaban J connectivity index is 1.56. The lowest BCUT2D eigenvalue weighted by molar-refractivity contribution is -0.103. The first-order valence-electron chi connectivity index (χ1n) is 9.26. The van der Waals surface area contributed by atoms with Crippen molar-refractivity contribution in [1.82, 2.24) is 4.90 Å². The minimum atomic E-state index is 0.291. The molecule has 2 aliphatic heterocycles. The summed E-state index contributed by atoms with van der Waals surface area (Å²) >= 11 is 0. The Kier molecular flexibility index (Phi) is 6.14. The van der Waals surface area contributed by atoms with Crippen LogP contribution in [0.15, 0.2) is 0 Å². The number of morpholine rings is 1. The minimum absolute atomic E-state index is 0.291. The largest absolute Gasteiger partial charge is 0.385 e. The Labute approximate surface area is 135 Å². The summed E-state index contributed by atoms with van der Waals surface area (Å²) in [5, 5.41) is 0. The zero-order valence-electron chi connectivity index (χ0n) is 14.2. The maximum absolute atomic E-state index is 6.00. The maximum Gasteiger partial charge on any atom is 0.0963 e. The summed E-state index contributed by atoms with van der Waals surface area (Å²) in [6.07, 6.45) is 11.2. The highest BCUT2D eigenvalue weighted by Gasteiger charge is 2.37. The molecule has 0 bridgehead atoms. The van der Waals surface area contributed by atoms with E-state index in [9.17, 15) is 0 Å². The van der Waals surface area contributed by atoms with Crippen molar-refractivity contribution in [3.8, 4) is 0 Å². The van der Waals surface area contributed by atoms with Gasteiger partial charge in [-0.25, -0.2) is 0 Å². The molecule has 0 aromatic rings. The van der Waals surface area contributed by atoms with E-state index in [1.165, 1.54) is 57.9 Å². The molecular formula is C18H33NO3. The number of methoxy groups -OCH3 is 1. The van der Waals surface area contributed by atoms with Crippen LogP contribution in [0.1, 0.15) is 51.4 Å². The number of rotatable bonds is 6. The Morgan fingerprint density at radius 3 is 2.59 bits per heavy atom. The van der Waals surface area contributed by atoms with Crippen LogP contribution < -0.4 is 0 Å². The number of nitrogens with zero attached hydrogens (tertiary/aromatic N) is 1. The molecule has 0 unspecified atom stereocenters. The molecule has 1 aliphatic carbocycles. The van der Waals surface area contributed by atoms with Gasteiger partial charge in [-0.1, -0.05) is 19.3 Å². The fourth-order valence-electron chi connectivity index (χ4n) is 4.58. The Hall–Kier alpha value is -0.160. The van der Waals surface area contributed by atoms with E-state index in [0.717, 1.165) is 32.9 Å². The molecule has 0 radical (unpaired) electrons. The van der Waals surface area contributed by atoms with Crippen LogP contribution in [0.3, 0.4) is 0 Å². The normalized spacial score (nSPS) is 33.1. The maximum atomic E-state index is 6.00. The highest BCUT2D eigenvalue weighted by atomic mass is 16.5. The van der Waals surface area contributed by atoms with Gasteiger partial charge in [-0.2, -0.15) is 0 Å². The van der Waals surface area contributed by atoms with Gasteiger partial charge < -0.3 is 14.2 Å². The van der Waals surface area contributed by atoms with Crippen molar-refractivity contribution in [3.63, 3.8) is 0 Å². The lowest BCUT2D eigenvalue weighted by atomic mass is 9.71. The van der Waals surface area contributed by atoms with Crippen molar-refractivity contribution in [2.75, 3.05) is 46.6 Å². The third kappa shape index (κ3) is 4.22. The summed E-state index contributed by atoms with van der Waals surface area (Å²) in [6, 6.07) is 0. The van der Waals surface area contributed by atoms with E-state index < -0.39 is 0 Å². The zero-order valence-corrected chi connectivity index (χ0v) is 14.2. The summed E-state index contributed by atoms with van der Waals surface area (Å²) in [5.74, 6) is 0. The van der Waals surface area contributed by atoms with Crippen LogP contribution in [-0.2, 0) is 14.2 Å². The van der Waals surface area contributed by atoms with Gasteiger partial charge in [-0.05, 0) is 37.5 Å². The van der Waals surface area contributed by atoms with Crippen LogP contribution in [-0.4, -0.2) is 63.7 Å². The quantitative estimate of drug-likeness (QED) is 0.755. The first kappa shape index (κ1) is 16.7. The van der Waals surface area contributed by atoms with Gasteiger partial charge >= 0.3 is 0 Å². The smallest absolute Gasteiger partial charge is 0.0963 e. The van der Waals surface area contributed by atoms with E-state index in [4.69, 9.17) is 14.2 Å². The molecule has 0 spiro atoms. The van der Waals surface area contributed by atoms with Gasteiger partial charge in [0.2, 0.25) is 0 Å². The van der Waals surface area contributed by atoms with E-state index in [0.29, 0.717) is 17.6 Å². The van der Waals surface area contributed by atoms with Crippen LogP contribution in [0.2, 0.25) is 0 Å². The van der Waals surface area contributed by atoms with Gasteiger partial charge in [0.1, 0.15) is 0 Å². The Morgan fingerprint density at radius 2 is 1.86 bits per heavy atom. The highest BCUT2D eigenvalue weighted by molar-refractivity contribution is 4.89. The molecule has 22 heavy (non-hydrogen) atoms. The monoisotopic (exact) mass is 311 g/mol. The molecule has 0 amide bonds. The molecule has 0 aromatic heterocycles. The molecule has 4 heteroatoms. The number of ether oxygens (including phenoxy) is 3. The van der Waals surface area contributed by atoms with Crippen molar-refractivity contribution in [2.24, 2.45) is 5.41 Å². The molecule has 0 N–H and O–H groups in total. The molecule has 2 heterocycles. The lowest BCUT2D eigenvalue weighted by Crippen LogP contribution is -2.51. The van der Waals surface area contributed by atoms with Gasteiger partial charge in [0.05, 0.1) is 18.8 Å². The van der Waals surface area contributed by atoms with Crippen LogP contribution in [0, 0.1) is 5.41 Å². The standard InChI is InChI=1S/C18H33NO3/c1-20-12-9-18(7-3-2-4-8-18)15-19-10-13-22-17(14-19)16-6-5-11-21-16/h16-17H,2-15H2,1H3/t16-,17+/m1/s1. The molecule has 4 nitrogen and oxygen atoms in total. The summed E-state index contributed by atoms with van der Waals surface area (Å²) in [4.78, 5) is 2.65. The SMILES string of the molecule is COCCC1(CN2CCO[C@H]([C@H]3CCCO3)C2)CCCCC1. The molecule has 3 aliphatic rings. The van der Waals surface area contributed by atoms with Crippen molar-refractivity contribution in [1.29, 1.82) is 0 Å². The fourth-order valence-corrected chi connectivity index (χ4v) is 4.58. The molecular weight excluding hydrogens is 278 g/mol. The van der Waals surface area contributed by atoms with Gasteiger partial charge in [-0.3, -0.25) is 4.90 Å². The second-order valence-electron chi connectivity index (χ2n) is 7.50. The van der Waals surface area contributed by atoms with Crippen molar-refractivity contribution in [3.05, 3.63) is 0 Å². The Morgan fingerprint density at radius 1 is 1.05 bits per heavy atom. The molecule has 3 fully saturated rings.